The lowest BCUT2D eigenvalue weighted by Crippen LogP contribution is -2.50. The molecule has 40 heavy (non-hydrogen) atoms. The van der Waals surface area contributed by atoms with Crippen LogP contribution in [0.5, 0.6) is 0 Å². The Hall–Kier alpha value is -3.14. The predicted octanol–water partition coefficient (Wildman–Crippen LogP) is 4.06. The molecule has 2 aromatic rings. The fourth-order valence-electron chi connectivity index (χ4n) is 4.89. The third-order valence-electron chi connectivity index (χ3n) is 7.42. The Labute approximate surface area is 232 Å². The van der Waals surface area contributed by atoms with Crippen LogP contribution in [0.4, 0.5) is 18.9 Å². The van der Waals surface area contributed by atoms with Crippen molar-refractivity contribution in [2.45, 2.75) is 68.2 Å². The van der Waals surface area contributed by atoms with E-state index in [2.05, 4.69) is 5.32 Å². The maximum Gasteiger partial charge on any atom is 0.265 e. The van der Waals surface area contributed by atoms with Gasteiger partial charge in [0, 0.05) is 32.3 Å². The zero-order valence-electron chi connectivity index (χ0n) is 22.3. The number of aryl methyl sites for hydroxylation is 1. The molecule has 0 spiro atoms. The van der Waals surface area contributed by atoms with Gasteiger partial charge >= 0.3 is 0 Å². The average molecular weight is 579 g/mol. The van der Waals surface area contributed by atoms with Crippen LogP contribution in [0.3, 0.4) is 0 Å². The average Bonchev–Trinajstić information content (AvgIpc) is 2.90. The lowest BCUT2D eigenvalue weighted by molar-refractivity contribution is -0.148. The van der Waals surface area contributed by atoms with Crippen LogP contribution in [-0.4, -0.2) is 63.3 Å². The summed E-state index contributed by atoms with van der Waals surface area (Å²) in [4.78, 5) is 14.1. The van der Waals surface area contributed by atoms with Crippen LogP contribution in [-0.2, 0) is 26.0 Å². The molecular formula is C28H33F3N4O4S. The normalized spacial score (nSPS) is 20.8. The number of amides is 1. The smallest absolute Gasteiger partial charge is 0.265 e. The van der Waals surface area contributed by atoms with Crippen LogP contribution in [0, 0.1) is 23.0 Å². The molecule has 1 amide bonds. The number of halogens is 3. The van der Waals surface area contributed by atoms with Crippen LogP contribution in [0.1, 0.15) is 50.2 Å². The second kappa shape index (κ2) is 12.6. The van der Waals surface area contributed by atoms with Crippen molar-refractivity contribution in [3.8, 4) is 6.07 Å². The number of nitrogens with zero attached hydrogens (tertiary/aromatic N) is 2. The van der Waals surface area contributed by atoms with Gasteiger partial charge in [-0.15, -0.1) is 0 Å². The maximum absolute atomic E-state index is 15.4. The molecule has 2 saturated heterocycles. The molecule has 2 N–H and O–H groups in total. The number of benzene rings is 2. The highest BCUT2D eigenvalue weighted by atomic mass is 32.2. The number of sulfonamides is 1. The highest BCUT2D eigenvalue weighted by molar-refractivity contribution is 7.90. The summed E-state index contributed by atoms with van der Waals surface area (Å²) >= 11 is 0. The van der Waals surface area contributed by atoms with Crippen LogP contribution >= 0.6 is 0 Å². The Morgan fingerprint density at radius 1 is 1.20 bits per heavy atom. The molecule has 2 aliphatic rings. The number of ether oxygens (including phenoxy) is 1. The number of carbonyl (C=O) groups excluding carboxylic acids is 1. The fraction of sp³-hybridized carbons (Fsp3) is 0.500. The molecule has 4 rings (SSSR count). The predicted molar refractivity (Wildman–Crippen MR) is 143 cm³/mol. The van der Waals surface area contributed by atoms with E-state index >= 15 is 4.39 Å². The van der Waals surface area contributed by atoms with Gasteiger partial charge in [0.1, 0.15) is 29.5 Å². The number of carbonyl (C=O) groups is 1. The van der Waals surface area contributed by atoms with Crippen molar-refractivity contribution in [2.75, 3.05) is 31.6 Å². The molecule has 2 aromatic carbocycles. The molecule has 0 aliphatic carbocycles. The molecule has 0 unspecified atom stereocenters. The van der Waals surface area contributed by atoms with Crippen molar-refractivity contribution in [3.05, 3.63) is 59.2 Å². The Balaban J connectivity index is 1.51. The Morgan fingerprint density at radius 3 is 2.55 bits per heavy atom. The molecule has 0 radical (unpaired) electrons. The zero-order valence-corrected chi connectivity index (χ0v) is 23.1. The van der Waals surface area contributed by atoms with E-state index in [4.69, 9.17) is 4.74 Å². The number of rotatable bonds is 11. The maximum atomic E-state index is 15.4. The van der Waals surface area contributed by atoms with Gasteiger partial charge in [0.15, 0.2) is 0 Å². The number of hydrogen-bond acceptors (Lipinski definition) is 7. The molecule has 2 heterocycles. The van der Waals surface area contributed by atoms with Gasteiger partial charge in [0.05, 0.1) is 16.1 Å². The number of nitrogens with one attached hydrogen (secondary N) is 2. The third kappa shape index (κ3) is 7.33. The van der Waals surface area contributed by atoms with E-state index in [1.807, 2.05) is 15.7 Å². The van der Waals surface area contributed by atoms with E-state index in [1.54, 1.807) is 12.1 Å². The Kier molecular flexibility index (Phi) is 9.38. The van der Waals surface area contributed by atoms with Crippen LogP contribution < -0.4 is 10.0 Å². The standard InChI is InChI=1S/C28H33F3N4O4S/c1-28(11-2-3-13-39-28)27(36)34-40(37,38)24-14-20(16-32)26(25(31)15-24)33-23(10-12-35-17-22(30)18-35)9-6-19-4-7-21(29)8-5-19/h4-5,7-8,14-15,22-23,33H,2-3,6,9-13,17-18H2,1H3,(H,34,36)/t23-,28+/m0/s1. The van der Waals surface area contributed by atoms with Gasteiger partial charge < -0.3 is 10.1 Å². The molecule has 12 heteroatoms. The van der Waals surface area contributed by atoms with Crippen LogP contribution in [0.15, 0.2) is 41.3 Å². The largest absolute Gasteiger partial charge is 0.379 e. The quantitative estimate of drug-likeness (QED) is 0.414. The molecule has 0 bridgehead atoms. The summed E-state index contributed by atoms with van der Waals surface area (Å²) in [6, 6.07) is 9.30. The lowest BCUT2D eigenvalue weighted by Gasteiger charge is -2.35. The minimum atomic E-state index is -4.49. The minimum absolute atomic E-state index is 0.161. The highest BCUT2D eigenvalue weighted by Gasteiger charge is 2.38. The van der Waals surface area contributed by atoms with E-state index in [-0.39, 0.29) is 23.1 Å². The second-order valence-electron chi connectivity index (χ2n) is 10.6. The first-order valence-electron chi connectivity index (χ1n) is 13.3. The molecule has 8 nitrogen and oxygen atoms in total. The monoisotopic (exact) mass is 578 g/mol. The first-order valence-corrected chi connectivity index (χ1v) is 14.8. The molecule has 2 atom stereocenters. The minimum Gasteiger partial charge on any atom is -0.379 e. The molecule has 0 aromatic heterocycles. The van der Waals surface area contributed by atoms with Crippen molar-refractivity contribution in [1.82, 2.24) is 9.62 Å². The van der Waals surface area contributed by atoms with Gasteiger partial charge in [-0.25, -0.2) is 26.3 Å². The summed E-state index contributed by atoms with van der Waals surface area (Å²) in [5.41, 5.74) is -0.853. The van der Waals surface area contributed by atoms with Gasteiger partial charge in [0.25, 0.3) is 15.9 Å². The Morgan fingerprint density at radius 2 is 1.93 bits per heavy atom. The second-order valence-corrected chi connectivity index (χ2v) is 12.2. The fourth-order valence-corrected chi connectivity index (χ4v) is 6.00. The van der Waals surface area contributed by atoms with E-state index < -0.39 is 38.4 Å². The summed E-state index contributed by atoms with van der Waals surface area (Å²) in [5.74, 6) is -2.17. The van der Waals surface area contributed by atoms with Gasteiger partial charge in [-0.05, 0) is 75.3 Å². The number of likely N-dealkylation sites (tertiary alicyclic amines) is 1. The zero-order chi connectivity index (χ0) is 28.9. The summed E-state index contributed by atoms with van der Waals surface area (Å²) in [6.45, 7) is 3.03. The van der Waals surface area contributed by atoms with Crippen molar-refractivity contribution in [1.29, 1.82) is 5.26 Å². The van der Waals surface area contributed by atoms with Gasteiger partial charge in [0.2, 0.25) is 0 Å². The first kappa shape index (κ1) is 29.8. The number of alkyl halides is 1. The molecule has 216 valence electrons. The van der Waals surface area contributed by atoms with Crippen LogP contribution in [0.25, 0.3) is 0 Å². The van der Waals surface area contributed by atoms with Crippen molar-refractivity contribution < 1.29 is 31.1 Å². The first-order chi connectivity index (χ1) is 19.0. The third-order valence-corrected chi connectivity index (χ3v) is 8.73. The van der Waals surface area contributed by atoms with Crippen molar-refractivity contribution >= 4 is 21.6 Å². The van der Waals surface area contributed by atoms with Crippen molar-refractivity contribution in [3.63, 3.8) is 0 Å². The molecule has 2 fully saturated rings. The van der Waals surface area contributed by atoms with Gasteiger partial charge in [-0.2, -0.15) is 5.26 Å². The summed E-state index contributed by atoms with van der Waals surface area (Å²) in [6.07, 6.45) is 2.48. The molecular weight excluding hydrogens is 545 g/mol. The topological polar surface area (TPSA) is 112 Å². The Bertz CT molecular complexity index is 1350. The van der Waals surface area contributed by atoms with E-state index in [0.29, 0.717) is 58.3 Å². The van der Waals surface area contributed by atoms with E-state index in [9.17, 15) is 27.3 Å². The number of anilines is 1. The van der Waals surface area contributed by atoms with Gasteiger partial charge in [-0.1, -0.05) is 12.1 Å². The van der Waals surface area contributed by atoms with E-state index in [1.165, 1.54) is 19.1 Å². The van der Waals surface area contributed by atoms with E-state index in [0.717, 1.165) is 24.1 Å². The number of hydrogen-bond donors (Lipinski definition) is 2. The summed E-state index contributed by atoms with van der Waals surface area (Å²) in [5, 5.41) is 12.8. The molecule has 0 saturated carbocycles. The van der Waals surface area contributed by atoms with Crippen LogP contribution in [0.2, 0.25) is 0 Å². The summed E-state index contributed by atoms with van der Waals surface area (Å²) < 4.78 is 75.3. The molecule has 2 aliphatic heterocycles. The highest BCUT2D eigenvalue weighted by Crippen LogP contribution is 2.29. The van der Waals surface area contributed by atoms with Crippen molar-refractivity contribution in [2.24, 2.45) is 0 Å². The lowest BCUT2D eigenvalue weighted by atomic mass is 9.95. The summed E-state index contributed by atoms with van der Waals surface area (Å²) in [7, 11) is -4.49. The number of nitriles is 1. The van der Waals surface area contributed by atoms with Gasteiger partial charge in [-0.3, -0.25) is 9.69 Å². The SMILES string of the molecule is C[C@]1(C(=O)NS(=O)(=O)c2cc(F)c(N[C@@H](CCc3ccc(F)cc3)CCN3CC(F)C3)c(C#N)c2)CCCCO1.